The number of methoxy groups -OCH3 is 1. The lowest BCUT2D eigenvalue weighted by Gasteiger charge is -2.04. The maximum Gasteiger partial charge on any atom is 0.175 e. The third-order valence-electron chi connectivity index (χ3n) is 2.88. The Labute approximate surface area is 128 Å². The van der Waals surface area contributed by atoms with Gasteiger partial charge in [0.1, 0.15) is 5.69 Å². The van der Waals surface area contributed by atoms with E-state index in [1.165, 1.54) is 17.8 Å². The van der Waals surface area contributed by atoms with Gasteiger partial charge in [0.15, 0.2) is 9.84 Å². The highest BCUT2D eigenvalue weighted by atomic mass is 32.2. The summed E-state index contributed by atoms with van der Waals surface area (Å²) in [7, 11) is -1.52. The Morgan fingerprint density at radius 2 is 2.00 bits per heavy atom. The Balaban J connectivity index is 2.13. The number of hydrogen-bond donors (Lipinski definition) is 1. The maximum atomic E-state index is 11.5. The van der Waals surface area contributed by atoms with Crippen LogP contribution in [0.15, 0.2) is 29.2 Å². The molecule has 0 spiro atoms. The number of aromatic nitrogens is 2. The first-order valence-corrected chi connectivity index (χ1v) is 9.00. The van der Waals surface area contributed by atoms with E-state index in [2.05, 4.69) is 14.9 Å². The van der Waals surface area contributed by atoms with E-state index in [0.717, 1.165) is 22.7 Å². The van der Waals surface area contributed by atoms with Gasteiger partial charge < -0.3 is 10.1 Å². The van der Waals surface area contributed by atoms with E-state index in [4.69, 9.17) is 4.74 Å². The largest absolute Gasteiger partial charge is 0.383 e. The normalized spacial score (nSPS) is 11.7. The summed E-state index contributed by atoms with van der Waals surface area (Å²) >= 11 is 1.33. The van der Waals surface area contributed by atoms with Crippen LogP contribution in [0.3, 0.4) is 0 Å². The van der Waals surface area contributed by atoms with Gasteiger partial charge in [0.2, 0.25) is 0 Å². The van der Waals surface area contributed by atoms with Gasteiger partial charge in [-0.05, 0) is 23.7 Å². The van der Waals surface area contributed by atoms with Crippen LogP contribution in [0, 0.1) is 0 Å². The van der Waals surface area contributed by atoms with Gasteiger partial charge in [-0.1, -0.05) is 16.6 Å². The maximum absolute atomic E-state index is 11.5. The second kappa shape index (κ2) is 7.08. The molecule has 0 saturated carbocycles. The van der Waals surface area contributed by atoms with E-state index < -0.39 is 9.84 Å². The highest BCUT2D eigenvalue weighted by Crippen LogP contribution is 2.25. The van der Waals surface area contributed by atoms with Crippen LogP contribution in [0.1, 0.15) is 4.88 Å². The molecule has 1 N–H and O–H groups in total. The SMILES string of the molecule is COCCNCc1snnc1-c1ccc(S(C)(=O)=O)cc1. The Hall–Kier alpha value is -1.35. The number of hydrogen-bond acceptors (Lipinski definition) is 7. The molecule has 0 aliphatic carbocycles. The van der Waals surface area contributed by atoms with Crippen LogP contribution in [0.5, 0.6) is 0 Å². The monoisotopic (exact) mass is 327 g/mol. The van der Waals surface area contributed by atoms with E-state index >= 15 is 0 Å². The van der Waals surface area contributed by atoms with Crippen molar-refractivity contribution < 1.29 is 13.2 Å². The molecule has 0 unspecified atom stereocenters. The Bertz CT molecular complexity index is 681. The zero-order valence-electron chi connectivity index (χ0n) is 11.9. The fraction of sp³-hybridized carbons (Fsp3) is 0.385. The van der Waals surface area contributed by atoms with E-state index in [1.807, 2.05) is 0 Å². The van der Waals surface area contributed by atoms with Crippen molar-refractivity contribution >= 4 is 21.4 Å². The summed E-state index contributed by atoms with van der Waals surface area (Å²) in [5.74, 6) is 0. The van der Waals surface area contributed by atoms with Gasteiger partial charge in [0.25, 0.3) is 0 Å². The van der Waals surface area contributed by atoms with Gasteiger partial charge in [0.05, 0.1) is 16.4 Å². The molecule has 2 rings (SSSR count). The van der Waals surface area contributed by atoms with Crippen molar-refractivity contribution in [2.75, 3.05) is 26.5 Å². The van der Waals surface area contributed by atoms with E-state index in [-0.39, 0.29) is 0 Å². The molecule has 6 nitrogen and oxygen atoms in total. The topological polar surface area (TPSA) is 81.2 Å². The van der Waals surface area contributed by atoms with Crippen LogP contribution >= 0.6 is 11.5 Å². The fourth-order valence-corrected chi connectivity index (χ4v) is 3.04. The molecule has 8 heteroatoms. The molecule has 0 bridgehead atoms. The first-order valence-electron chi connectivity index (χ1n) is 6.33. The number of nitrogens with one attached hydrogen (secondary N) is 1. The van der Waals surface area contributed by atoms with Crippen LogP contribution in [0.2, 0.25) is 0 Å². The highest BCUT2D eigenvalue weighted by Gasteiger charge is 2.12. The summed E-state index contributed by atoms with van der Waals surface area (Å²) in [4.78, 5) is 1.31. The van der Waals surface area contributed by atoms with Crippen molar-refractivity contribution in [2.45, 2.75) is 11.4 Å². The van der Waals surface area contributed by atoms with Gasteiger partial charge in [-0.25, -0.2) is 8.42 Å². The summed E-state index contributed by atoms with van der Waals surface area (Å²) in [5, 5.41) is 7.37. The van der Waals surface area contributed by atoms with Crippen LogP contribution in [-0.2, 0) is 21.1 Å². The number of benzene rings is 1. The second-order valence-corrected chi connectivity index (χ2v) is 7.37. The van der Waals surface area contributed by atoms with Crippen LogP contribution in [-0.4, -0.2) is 44.5 Å². The summed E-state index contributed by atoms with van der Waals surface area (Å²) in [6.07, 6.45) is 1.19. The number of rotatable bonds is 7. The van der Waals surface area contributed by atoms with Gasteiger partial charge in [-0.2, -0.15) is 0 Å². The van der Waals surface area contributed by atoms with E-state index in [9.17, 15) is 8.42 Å². The summed E-state index contributed by atoms with van der Waals surface area (Å²) < 4.78 is 31.9. The van der Waals surface area contributed by atoms with Gasteiger partial charge >= 0.3 is 0 Å². The molecule has 0 aliphatic rings. The van der Waals surface area contributed by atoms with Crippen molar-refractivity contribution in [2.24, 2.45) is 0 Å². The van der Waals surface area contributed by atoms with Crippen molar-refractivity contribution in [3.63, 3.8) is 0 Å². The Morgan fingerprint density at radius 1 is 1.29 bits per heavy atom. The Morgan fingerprint density at radius 3 is 2.62 bits per heavy atom. The standard InChI is InChI=1S/C13H17N3O3S2/c1-19-8-7-14-9-12-13(15-16-20-12)10-3-5-11(6-4-10)21(2,17)18/h3-6,14H,7-9H2,1-2H3. The lowest BCUT2D eigenvalue weighted by atomic mass is 10.1. The zero-order valence-corrected chi connectivity index (χ0v) is 13.5. The minimum absolute atomic E-state index is 0.300. The summed E-state index contributed by atoms with van der Waals surface area (Å²) in [5.41, 5.74) is 1.64. The second-order valence-electron chi connectivity index (χ2n) is 4.51. The Kier molecular flexibility index (Phi) is 5.40. The van der Waals surface area contributed by atoms with Gasteiger partial charge in [-0.3, -0.25) is 0 Å². The molecule has 2 aromatic rings. The molecule has 0 aliphatic heterocycles. The van der Waals surface area contributed by atoms with E-state index in [0.29, 0.717) is 18.0 Å². The predicted molar refractivity (Wildman–Crippen MR) is 82.0 cm³/mol. The third-order valence-corrected chi connectivity index (χ3v) is 4.73. The molecule has 0 fully saturated rings. The first-order chi connectivity index (χ1) is 10.0. The predicted octanol–water partition coefficient (Wildman–Crippen LogP) is 1.34. The van der Waals surface area contributed by atoms with Crippen LogP contribution in [0.25, 0.3) is 11.3 Å². The number of nitrogens with zero attached hydrogens (tertiary/aromatic N) is 2. The molecule has 1 aromatic carbocycles. The molecule has 0 atom stereocenters. The van der Waals surface area contributed by atoms with Crippen molar-refractivity contribution in [1.29, 1.82) is 0 Å². The smallest absolute Gasteiger partial charge is 0.175 e. The first kappa shape index (κ1) is 16.0. The van der Waals surface area contributed by atoms with Crippen molar-refractivity contribution in [1.82, 2.24) is 14.9 Å². The third kappa shape index (κ3) is 4.31. The lowest BCUT2D eigenvalue weighted by molar-refractivity contribution is 0.199. The minimum atomic E-state index is -3.18. The molecule has 114 valence electrons. The van der Waals surface area contributed by atoms with Crippen molar-refractivity contribution in [3.8, 4) is 11.3 Å². The molecule has 1 heterocycles. The molecule has 0 radical (unpaired) electrons. The molecule has 0 saturated heterocycles. The lowest BCUT2D eigenvalue weighted by Crippen LogP contribution is -2.18. The fourth-order valence-electron chi connectivity index (χ4n) is 1.78. The molecule has 1 aromatic heterocycles. The molecule has 0 amide bonds. The average Bonchev–Trinajstić information content (AvgIpc) is 2.91. The molecular formula is C13H17N3O3S2. The van der Waals surface area contributed by atoms with Gasteiger partial charge in [-0.15, -0.1) is 5.10 Å². The van der Waals surface area contributed by atoms with Crippen LogP contribution < -0.4 is 5.32 Å². The summed E-state index contributed by atoms with van der Waals surface area (Å²) in [6.45, 7) is 2.05. The van der Waals surface area contributed by atoms with Gasteiger partial charge in [0, 0.05) is 32.0 Å². The highest BCUT2D eigenvalue weighted by molar-refractivity contribution is 7.90. The zero-order chi connectivity index (χ0) is 15.3. The van der Waals surface area contributed by atoms with E-state index in [1.54, 1.807) is 31.4 Å². The molecule has 21 heavy (non-hydrogen) atoms. The average molecular weight is 327 g/mol. The summed E-state index contributed by atoms with van der Waals surface area (Å²) in [6, 6.07) is 6.69. The van der Waals surface area contributed by atoms with Crippen LogP contribution in [0.4, 0.5) is 0 Å². The number of ether oxygens (including phenoxy) is 1. The van der Waals surface area contributed by atoms with Crippen molar-refractivity contribution in [3.05, 3.63) is 29.1 Å². The minimum Gasteiger partial charge on any atom is -0.383 e. The molecular weight excluding hydrogens is 310 g/mol. The number of sulfone groups is 1. The quantitative estimate of drug-likeness (QED) is 0.773.